The zero-order chi connectivity index (χ0) is 21.7. The maximum absolute atomic E-state index is 12.6. The summed E-state index contributed by atoms with van der Waals surface area (Å²) in [6.45, 7) is 3.94. The number of anilines is 1. The Morgan fingerprint density at radius 2 is 1.90 bits per heavy atom. The van der Waals surface area contributed by atoms with E-state index in [1.54, 1.807) is 6.92 Å². The first kappa shape index (κ1) is 18.8. The third kappa shape index (κ3) is 2.67. The second-order valence-electron chi connectivity index (χ2n) is 7.45. The highest BCUT2D eigenvalue weighted by atomic mass is 16.5. The Morgan fingerprint density at radius 1 is 1.13 bits per heavy atom. The van der Waals surface area contributed by atoms with Gasteiger partial charge in [0.1, 0.15) is 17.3 Å². The Morgan fingerprint density at radius 3 is 2.61 bits per heavy atom. The van der Waals surface area contributed by atoms with Gasteiger partial charge in [-0.3, -0.25) is 4.40 Å². The van der Waals surface area contributed by atoms with E-state index in [1.807, 2.05) is 76.5 Å². The van der Waals surface area contributed by atoms with Gasteiger partial charge in [0.05, 0.1) is 23.2 Å². The van der Waals surface area contributed by atoms with Crippen molar-refractivity contribution < 1.29 is 9.53 Å². The molecule has 3 heterocycles. The molecule has 0 saturated carbocycles. The molecule has 5 rings (SSSR count). The largest absolute Gasteiger partial charge is 0.462 e. The first-order valence-corrected chi connectivity index (χ1v) is 10.1. The molecule has 3 aromatic heterocycles. The van der Waals surface area contributed by atoms with E-state index in [4.69, 9.17) is 10.5 Å². The standard InChI is InChI=1S/C25H20N4O2/c1-3-31-25(30)18-12-23-19-11-17(27)9-10-22(19)28-14-21(16-7-5-4-6-8-16)20(13-26)24(28)29(23)15(18)2/h4-12,14H,3,27H2,1-2H3. The van der Waals surface area contributed by atoms with E-state index < -0.39 is 0 Å². The molecule has 0 unspecified atom stereocenters. The third-order valence-electron chi connectivity index (χ3n) is 5.69. The van der Waals surface area contributed by atoms with Crippen LogP contribution >= 0.6 is 0 Å². The molecule has 0 amide bonds. The van der Waals surface area contributed by atoms with E-state index in [0.717, 1.165) is 33.2 Å². The number of hydrogen-bond donors (Lipinski definition) is 1. The predicted octanol–water partition coefficient (Wildman–Crippen LogP) is 4.95. The van der Waals surface area contributed by atoms with Crippen LogP contribution in [0.5, 0.6) is 0 Å². The molecule has 6 heteroatoms. The van der Waals surface area contributed by atoms with Crippen LogP contribution in [-0.4, -0.2) is 21.4 Å². The number of hydrogen-bond acceptors (Lipinski definition) is 4. The van der Waals surface area contributed by atoms with Gasteiger partial charge < -0.3 is 14.9 Å². The highest BCUT2D eigenvalue weighted by Gasteiger charge is 2.23. The summed E-state index contributed by atoms with van der Waals surface area (Å²) in [5, 5.41) is 11.0. The van der Waals surface area contributed by atoms with Crippen LogP contribution in [0.1, 0.15) is 28.5 Å². The smallest absolute Gasteiger partial charge is 0.339 e. The van der Waals surface area contributed by atoms with Crippen molar-refractivity contribution in [1.29, 1.82) is 5.26 Å². The van der Waals surface area contributed by atoms with Crippen molar-refractivity contribution in [2.75, 3.05) is 12.3 Å². The van der Waals surface area contributed by atoms with Gasteiger partial charge in [-0.05, 0) is 43.7 Å². The molecular weight excluding hydrogens is 388 g/mol. The van der Waals surface area contributed by atoms with Gasteiger partial charge >= 0.3 is 5.97 Å². The summed E-state index contributed by atoms with van der Waals surface area (Å²) in [5.74, 6) is -0.382. The SMILES string of the molecule is CCOC(=O)c1cc2c3cc(N)ccc3n3cc(-c4ccccc4)c(C#N)c3n2c1C. The van der Waals surface area contributed by atoms with Gasteiger partial charge in [0.15, 0.2) is 0 Å². The Balaban J connectivity index is 2.01. The van der Waals surface area contributed by atoms with E-state index >= 15 is 0 Å². The fourth-order valence-electron chi connectivity index (χ4n) is 4.31. The van der Waals surface area contributed by atoms with E-state index in [2.05, 4.69) is 6.07 Å². The van der Waals surface area contributed by atoms with Gasteiger partial charge in [-0.1, -0.05) is 30.3 Å². The number of carbonyl (C=O) groups is 1. The second-order valence-corrected chi connectivity index (χ2v) is 7.45. The fourth-order valence-corrected chi connectivity index (χ4v) is 4.31. The van der Waals surface area contributed by atoms with Crippen LogP contribution < -0.4 is 5.73 Å². The first-order chi connectivity index (χ1) is 15.0. The lowest BCUT2D eigenvalue weighted by Gasteiger charge is -2.10. The minimum Gasteiger partial charge on any atom is -0.462 e. The third-order valence-corrected chi connectivity index (χ3v) is 5.69. The summed E-state index contributed by atoms with van der Waals surface area (Å²) < 4.78 is 9.23. The first-order valence-electron chi connectivity index (χ1n) is 10.1. The van der Waals surface area contributed by atoms with Gasteiger partial charge in [0.25, 0.3) is 0 Å². The number of carbonyl (C=O) groups excluding carboxylic acids is 1. The molecule has 0 spiro atoms. The summed E-state index contributed by atoms with van der Waals surface area (Å²) in [5.41, 5.74) is 12.7. The van der Waals surface area contributed by atoms with Gasteiger partial charge in [0, 0.05) is 28.5 Å². The van der Waals surface area contributed by atoms with E-state index in [1.165, 1.54) is 0 Å². The van der Waals surface area contributed by atoms with Crippen molar-refractivity contribution in [1.82, 2.24) is 8.80 Å². The van der Waals surface area contributed by atoms with Crippen LogP contribution in [0, 0.1) is 18.3 Å². The number of esters is 1. The maximum Gasteiger partial charge on any atom is 0.339 e. The van der Waals surface area contributed by atoms with Crippen molar-refractivity contribution in [3.05, 3.63) is 77.6 Å². The summed E-state index contributed by atoms with van der Waals surface area (Å²) in [4.78, 5) is 12.6. The van der Waals surface area contributed by atoms with Gasteiger partial charge in [-0.2, -0.15) is 5.26 Å². The number of benzene rings is 2. The quantitative estimate of drug-likeness (QED) is 0.338. The van der Waals surface area contributed by atoms with E-state index in [9.17, 15) is 10.1 Å². The van der Waals surface area contributed by atoms with Crippen molar-refractivity contribution in [2.45, 2.75) is 13.8 Å². The topological polar surface area (TPSA) is 84.9 Å². The number of nitrogens with two attached hydrogens (primary N) is 1. The average Bonchev–Trinajstić information content (AvgIpc) is 3.32. The Kier molecular flexibility index (Phi) is 4.19. The van der Waals surface area contributed by atoms with Crippen molar-refractivity contribution in [3.63, 3.8) is 0 Å². The second kappa shape index (κ2) is 6.92. The van der Waals surface area contributed by atoms with Crippen molar-refractivity contribution in [3.8, 4) is 17.2 Å². The molecular formula is C25H20N4O2. The van der Waals surface area contributed by atoms with E-state index in [-0.39, 0.29) is 5.97 Å². The molecule has 0 atom stereocenters. The molecule has 2 N–H and O–H groups in total. The normalized spacial score (nSPS) is 11.3. The molecule has 5 aromatic rings. The summed E-state index contributed by atoms with van der Waals surface area (Å²) in [6.07, 6.45) is 1.98. The average molecular weight is 408 g/mol. The van der Waals surface area contributed by atoms with Crippen LogP contribution in [0.4, 0.5) is 5.69 Å². The number of nitriles is 1. The van der Waals surface area contributed by atoms with Crippen molar-refractivity contribution >= 4 is 33.7 Å². The Labute approximate surface area is 178 Å². The molecule has 0 aliphatic heterocycles. The minimum absolute atomic E-state index is 0.292. The Hall–Kier alpha value is -4.24. The van der Waals surface area contributed by atoms with Gasteiger partial charge in [-0.15, -0.1) is 0 Å². The molecule has 152 valence electrons. The molecule has 6 nitrogen and oxygen atoms in total. The number of fused-ring (bicyclic) bond motifs is 6. The molecule has 0 aliphatic carbocycles. The molecule has 0 radical (unpaired) electrons. The number of nitrogens with zero attached hydrogens (tertiary/aromatic N) is 3. The molecule has 0 fully saturated rings. The highest BCUT2D eigenvalue weighted by molar-refractivity contribution is 6.03. The lowest BCUT2D eigenvalue weighted by atomic mass is 10.1. The summed E-state index contributed by atoms with van der Waals surface area (Å²) in [6, 6.07) is 19.7. The number of ether oxygens (including phenoxy) is 1. The van der Waals surface area contributed by atoms with Gasteiger partial charge in [0.2, 0.25) is 0 Å². The molecule has 0 saturated heterocycles. The predicted molar refractivity (Wildman–Crippen MR) is 121 cm³/mol. The molecule has 0 bridgehead atoms. The number of aromatic nitrogens is 2. The van der Waals surface area contributed by atoms with Crippen LogP contribution in [0.2, 0.25) is 0 Å². The minimum atomic E-state index is -0.382. The summed E-state index contributed by atoms with van der Waals surface area (Å²) in [7, 11) is 0. The lowest BCUT2D eigenvalue weighted by Crippen LogP contribution is -2.06. The van der Waals surface area contributed by atoms with Crippen LogP contribution in [-0.2, 0) is 4.74 Å². The van der Waals surface area contributed by atoms with Crippen molar-refractivity contribution in [2.24, 2.45) is 0 Å². The van der Waals surface area contributed by atoms with Crippen LogP contribution in [0.15, 0.2) is 60.8 Å². The molecule has 31 heavy (non-hydrogen) atoms. The van der Waals surface area contributed by atoms with Crippen LogP contribution in [0.3, 0.4) is 0 Å². The van der Waals surface area contributed by atoms with Gasteiger partial charge in [-0.25, -0.2) is 4.79 Å². The van der Waals surface area contributed by atoms with E-state index in [0.29, 0.717) is 29.1 Å². The number of nitrogen functional groups attached to an aromatic ring is 1. The Bertz CT molecular complexity index is 1540. The maximum atomic E-state index is 12.6. The monoisotopic (exact) mass is 408 g/mol. The fraction of sp³-hybridized carbons (Fsp3) is 0.120. The molecule has 2 aromatic carbocycles. The van der Waals surface area contributed by atoms with Crippen LogP contribution in [0.25, 0.3) is 33.2 Å². The lowest BCUT2D eigenvalue weighted by molar-refractivity contribution is 0.0525. The summed E-state index contributed by atoms with van der Waals surface area (Å²) >= 11 is 0. The number of rotatable bonds is 3. The highest BCUT2D eigenvalue weighted by Crippen LogP contribution is 2.35. The number of aryl methyl sites for hydroxylation is 1. The zero-order valence-corrected chi connectivity index (χ0v) is 17.2. The zero-order valence-electron chi connectivity index (χ0n) is 17.2. The molecule has 0 aliphatic rings.